The van der Waals surface area contributed by atoms with Crippen molar-refractivity contribution < 1.29 is 9.47 Å². The fraction of sp³-hybridized carbons (Fsp3) is 0.294. The van der Waals surface area contributed by atoms with Crippen LogP contribution in [0.1, 0.15) is 11.1 Å². The van der Waals surface area contributed by atoms with Gasteiger partial charge in [-0.15, -0.1) is 0 Å². The molecular weight excluding hydrogens is 286 g/mol. The maximum absolute atomic E-state index is 5.89. The second-order valence-corrected chi connectivity index (χ2v) is 5.26. The van der Waals surface area contributed by atoms with E-state index in [0.717, 1.165) is 23.0 Å². The van der Waals surface area contributed by atoms with Gasteiger partial charge in [-0.25, -0.2) is 0 Å². The highest BCUT2D eigenvalue weighted by Crippen LogP contribution is 2.26. The standard InChI is InChI=1S/C17H20ClNO2/c1-13-3-8-16(17(11-13)21-10-9-20-2)19-12-14-4-6-15(18)7-5-14/h3-8,11,19H,9-10,12H2,1-2H3. The SMILES string of the molecule is COCCOc1cc(C)ccc1NCc1ccc(Cl)cc1. The molecule has 0 heterocycles. The maximum Gasteiger partial charge on any atom is 0.142 e. The van der Waals surface area contributed by atoms with Crippen molar-refractivity contribution >= 4 is 17.3 Å². The van der Waals surface area contributed by atoms with Gasteiger partial charge >= 0.3 is 0 Å². The van der Waals surface area contributed by atoms with Crippen LogP contribution < -0.4 is 10.1 Å². The van der Waals surface area contributed by atoms with Crippen molar-refractivity contribution in [2.24, 2.45) is 0 Å². The molecule has 0 saturated heterocycles. The van der Waals surface area contributed by atoms with E-state index in [2.05, 4.69) is 11.4 Å². The number of benzene rings is 2. The average Bonchev–Trinajstić information content (AvgIpc) is 2.48. The van der Waals surface area contributed by atoms with Gasteiger partial charge < -0.3 is 14.8 Å². The summed E-state index contributed by atoms with van der Waals surface area (Å²) in [5, 5.41) is 4.14. The zero-order chi connectivity index (χ0) is 15.1. The zero-order valence-electron chi connectivity index (χ0n) is 12.4. The third-order valence-corrected chi connectivity index (χ3v) is 3.33. The Kier molecular flexibility index (Phi) is 5.90. The Balaban J connectivity index is 2.02. The largest absolute Gasteiger partial charge is 0.489 e. The van der Waals surface area contributed by atoms with Crippen molar-refractivity contribution in [3.8, 4) is 5.75 Å². The number of ether oxygens (including phenoxy) is 2. The van der Waals surface area contributed by atoms with Crippen molar-refractivity contribution in [3.05, 3.63) is 58.6 Å². The van der Waals surface area contributed by atoms with Crippen molar-refractivity contribution in [3.63, 3.8) is 0 Å². The van der Waals surface area contributed by atoms with Crippen LogP contribution in [0.3, 0.4) is 0 Å². The second kappa shape index (κ2) is 7.91. The van der Waals surface area contributed by atoms with E-state index in [0.29, 0.717) is 13.2 Å². The highest BCUT2D eigenvalue weighted by atomic mass is 35.5. The third-order valence-electron chi connectivity index (χ3n) is 3.08. The number of nitrogens with one attached hydrogen (secondary N) is 1. The number of aryl methyl sites for hydroxylation is 1. The van der Waals surface area contributed by atoms with Gasteiger partial charge in [0.1, 0.15) is 12.4 Å². The molecule has 4 heteroatoms. The highest BCUT2D eigenvalue weighted by molar-refractivity contribution is 6.30. The van der Waals surface area contributed by atoms with Crippen LogP contribution in [0.25, 0.3) is 0 Å². The minimum Gasteiger partial charge on any atom is -0.489 e. The van der Waals surface area contributed by atoms with Crippen molar-refractivity contribution in [1.82, 2.24) is 0 Å². The lowest BCUT2D eigenvalue weighted by molar-refractivity contribution is 0.146. The Morgan fingerprint density at radius 3 is 2.52 bits per heavy atom. The smallest absolute Gasteiger partial charge is 0.142 e. The molecule has 0 aliphatic rings. The molecule has 21 heavy (non-hydrogen) atoms. The van der Waals surface area contributed by atoms with Gasteiger partial charge in [0.2, 0.25) is 0 Å². The van der Waals surface area contributed by atoms with Gasteiger partial charge in [0.25, 0.3) is 0 Å². The molecular formula is C17H20ClNO2. The Hall–Kier alpha value is -1.71. The van der Waals surface area contributed by atoms with Crippen molar-refractivity contribution in [2.75, 3.05) is 25.6 Å². The van der Waals surface area contributed by atoms with Gasteiger partial charge in [0, 0.05) is 18.7 Å². The lowest BCUT2D eigenvalue weighted by atomic mass is 10.2. The molecule has 2 aromatic rings. The van der Waals surface area contributed by atoms with Gasteiger partial charge in [0.05, 0.1) is 12.3 Å². The molecule has 0 aliphatic heterocycles. The molecule has 1 N–H and O–H groups in total. The molecule has 0 fully saturated rings. The summed E-state index contributed by atoms with van der Waals surface area (Å²) in [5.74, 6) is 0.848. The summed E-state index contributed by atoms with van der Waals surface area (Å²) in [6.45, 7) is 3.88. The Morgan fingerprint density at radius 2 is 1.81 bits per heavy atom. The minimum absolute atomic E-state index is 0.537. The molecule has 2 aromatic carbocycles. The number of rotatable bonds is 7. The summed E-state index contributed by atoms with van der Waals surface area (Å²) in [7, 11) is 1.67. The Labute approximate surface area is 130 Å². The van der Waals surface area contributed by atoms with Crippen LogP contribution >= 0.6 is 11.6 Å². The monoisotopic (exact) mass is 305 g/mol. The average molecular weight is 306 g/mol. The number of hydrogen-bond donors (Lipinski definition) is 1. The van der Waals surface area contributed by atoms with Gasteiger partial charge in [-0.2, -0.15) is 0 Å². The fourth-order valence-corrected chi connectivity index (χ4v) is 2.06. The van der Waals surface area contributed by atoms with E-state index >= 15 is 0 Å². The topological polar surface area (TPSA) is 30.5 Å². The molecule has 0 radical (unpaired) electrons. The van der Waals surface area contributed by atoms with Crippen LogP contribution in [0, 0.1) is 6.92 Å². The second-order valence-electron chi connectivity index (χ2n) is 4.82. The maximum atomic E-state index is 5.89. The molecule has 3 nitrogen and oxygen atoms in total. The van der Waals surface area contributed by atoms with E-state index in [1.54, 1.807) is 7.11 Å². The summed E-state index contributed by atoms with van der Waals surface area (Å²) in [6, 6.07) is 13.9. The molecule has 112 valence electrons. The first kappa shape index (κ1) is 15.7. The quantitative estimate of drug-likeness (QED) is 0.774. The third kappa shape index (κ3) is 4.96. The van der Waals surface area contributed by atoms with E-state index in [-0.39, 0.29) is 0 Å². The summed E-state index contributed by atoms with van der Waals surface area (Å²) in [4.78, 5) is 0. The number of methoxy groups -OCH3 is 1. The van der Waals surface area contributed by atoms with Crippen LogP contribution in [-0.4, -0.2) is 20.3 Å². The van der Waals surface area contributed by atoms with Crippen LogP contribution in [0.4, 0.5) is 5.69 Å². The lowest BCUT2D eigenvalue weighted by Gasteiger charge is -2.14. The number of halogens is 1. The molecule has 0 atom stereocenters. The lowest BCUT2D eigenvalue weighted by Crippen LogP contribution is -2.07. The predicted molar refractivity (Wildman–Crippen MR) is 87.3 cm³/mol. The first-order valence-corrected chi connectivity index (χ1v) is 7.27. The number of hydrogen-bond acceptors (Lipinski definition) is 3. The zero-order valence-corrected chi connectivity index (χ0v) is 13.1. The van der Waals surface area contributed by atoms with Crippen LogP contribution in [0.5, 0.6) is 5.75 Å². The first-order valence-electron chi connectivity index (χ1n) is 6.90. The molecule has 0 unspecified atom stereocenters. The normalized spacial score (nSPS) is 10.4. The summed E-state index contributed by atoms with van der Waals surface area (Å²) >= 11 is 5.89. The fourth-order valence-electron chi connectivity index (χ4n) is 1.93. The molecule has 2 rings (SSSR count). The summed E-state index contributed by atoms with van der Waals surface area (Å²) in [5.41, 5.74) is 3.31. The highest BCUT2D eigenvalue weighted by Gasteiger charge is 2.04. The molecule has 0 amide bonds. The molecule has 0 bridgehead atoms. The van der Waals surface area contributed by atoms with Crippen LogP contribution in [0.2, 0.25) is 5.02 Å². The minimum atomic E-state index is 0.537. The van der Waals surface area contributed by atoms with Crippen LogP contribution in [0.15, 0.2) is 42.5 Å². The predicted octanol–water partition coefficient (Wildman–Crippen LogP) is 4.29. The van der Waals surface area contributed by atoms with Crippen molar-refractivity contribution in [1.29, 1.82) is 0 Å². The first-order chi connectivity index (χ1) is 10.2. The summed E-state index contributed by atoms with van der Waals surface area (Å²) < 4.78 is 10.8. The molecule has 0 saturated carbocycles. The van der Waals surface area contributed by atoms with E-state index < -0.39 is 0 Å². The molecule has 0 aromatic heterocycles. The van der Waals surface area contributed by atoms with Gasteiger partial charge in [0.15, 0.2) is 0 Å². The number of anilines is 1. The van der Waals surface area contributed by atoms with E-state index in [1.165, 1.54) is 11.1 Å². The van der Waals surface area contributed by atoms with E-state index in [1.807, 2.05) is 43.3 Å². The van der Waals surface area contributed by atoms with Crippen molar-refractivity contribution in [2.45, 2.75) is 13.5 Å². The Morgan fingerprint density at radius 1 is 1.05 bits per heavy atom. The molecule has 0 aliphatic carbocycles. The van der Waals surface area contributed by atoms with Crippen LogP contribution in [-0.2, 0) is 11.3 Å². The summed E-state index contributed by atoms with van der Waals surface area (Å²) in [6.07, 6.45) is 0. The van der Waals surface area contributed by atoms with E-state index in [4.69, 9.17) is 21.1 Å². The van der Waals surface area contributed by atoms with Gasteiger partial charge in [-0.3, -0.25) is 0 Å². The Bertz CT molecular complexity index is 570. The van der Waals surface area contributed by atoms with E-state index in [9.17, 15) is 0 Å². The van der Waals surface area contributed by atoms with Gasteiger partial charge in [-0.1, -0.05) is 29.8 Å². The van der Waals surface area contributed by atoms with Gasteiger partial charge in [-0.05, 0) is 42.3 Å². The molecule has 0 spiro atoms.